The highest BCUT2D eigenvalue weighted by molar-refractivity contribution is 6.35. The number of hydrogen-bond donors (Lipinski definition) is 1. The first-order chi connectivity index (χ1) is 11.1. The maximum absolute atomic E-state index is 12.3. The number of benzene rings is 1. The SMILES string of the molecule is O=C(Nc1cc(N2CCCC2=O)ccc1Cl)c1cccnc1Cl. The zero-order chi connectivity index (χ0) is 16.4. The van der Waals surface area contributed by atoms with E-state index >= 15 is 0 Å². The van der Waals surface area contributed by atoms with Crippen LogP contribution in [-0.2, 0) is 4.79 Å². The van der Waals surface area contributed by atoms with Gasteiger partial charge in [0.25, 0.3) is 5.91 Å². The van der Waals surface area contributed by atoms with E-state index in [1.165, 1.54) is 6.20 Å². The van der Waals surface area contributed by atoms with E-state index < -0.39 is 5.91 Å². The van der Waals surface area contributed by atoms with E-state index in [2.05, 4.69) is 10.3 Å². The van der Waals surface area contributed by atoms with Gasteiger partial charge in [-0.3, -0.25) is 9.59 Å². The van der Waals surface area contributed by atoms with Crippen molar-refractivity contribution in [3.05, 3.63) is 52.3 Å². The standard InChI is InChI=1S/C16H13Cl2N3O2/c17-12-6-5-10(21-8-2-4-14(21)22)9-13(12)20-16(23)11-3-1-7-19-15(11)18/h1,3,5-7,9H,2,4,8H2,(H,20,23). The molecule has 1 saturated heterocycles. The number of aromatic nitrogens is 1. The predicted molar refractivity (Wildman–Crippen MR) is 90.2 cm³/mol. The van der Waals surface area contributed by atoms with Gasteiger partial charge in [0.05, 0.1) is 16.3 Å². The Morgan fingerprint density at radius 2 is 2.09 bits per heavy atom. The van der Waals surface area contributed by atoms with Crippen molar-refractivity contribution >= 4 is 46.4 Å². The number of anilines is 2. The van der Waals surface area contributed by atoms with Gasteiger partial charge in [-0.2, -0.15) is 0 Å². The molecular formula is C16H13Cl2N3O2. The lowest BCUT2D eigenvalue weighted by Gasteiger charge is -2.17. The molecule has 0 saturated carbocycles. The molecule has 7 heteroatoms. The second kappa shape index (κ2) is 6.56. The number of pyridine rings is 1. The maximum Gasteiger partial charge on any atom is 0.258 e. The molecule has 2 heterocycles. The molecule has 3 rings (SSSR count). The van der Waals surface area contributed by atoms with Crippen LogP contribution in [0.1, 0.15) is 23.2 Å². The predicted octanol–water partition coefficient (Wildman–Crippen LogP) is 3.77. The van der Waals surface area contributed by atoms with E-state index in [4.69, 9.17) is 23.2 Å². The fourth-order valence-electron chi connectivity index (χ4n) is 2.44. The number of carbonyl (C=O) groups excluding carboxylic acids is 2. The van der Waals surface area contributed by atoms with Gasteiger partial charge in [0, 0.05) is 24.8 Å². The molecule has 1 aromatic heterocycles. The minimum absolute atomic E-state index is 0.0694. The third-order valence-electron chi connectivity index (χ3n) is 3.59. The van der Waals surface area contributed by atoms with Crippen LogP contribution >= 0.6 is 23.2 Å². The first kappa shape index (κ1) is 15.8. The van der Waals surface area contributed by atoms with Crippen LogP contribution in [0.2, 0.25) is 10.2 Å². The first-order valence-corrected chi connectivity index (χ1v) is 7.83. The molecule has 1 aliphatic rings. The summed E-state index contributed by atoms with van der Waals surface area (Å²) in [6.07, 6.45) is 2.87. The quantitative estimate of drug-likeness (QED) is 0.858. The van der Waals surface area contributed by atoms with Crippen LogP contribution in [0.5, 0.6) is 0 Å². The summed E-state index contributed by atoms with van der Waals surface area (Å²) in [4.78, 5) is 29.7. The topological polar surface area (TPSA) is 62.3 Å². The highest BCUT2D eigenvalue weighted by Gasteiger charge is 2.22. The Morgan fingerprint density at radius 3 is 2.78 bits per heavy atom. The van der Waals surface area contributed by atoms with Crippen molar-refractivity contribution in [2.75, 3.05) is 16.8 Å². The van der Waals surface area contributed by atoms with Gasteiger partial charge in [-0.25, -0.2) is 4.98 Å². The first-order valence-electron chi connectivity index (χ1n) is 7.08. The molecule has 1 N–H and O–H groups in total. The highest BCUT2D eigenvalue weighted by Crippen LogP contribution is 2.30. The van der Waals surface area contributed by atoms with Gasteiger partial charge in [0.15, 0.2) is 0 Å². The summed E-state index contributed by atoms with van der Waals surface area (Å²) in [6.45, 7) is 0.669. The molecule has 118 valence electrons. The van der Waals surface area contributed by atoms with Crippen molar-refractivity contribution in [1.29, 1.82) is 0 Å². The van der Waals surface area contributed by atoms with Gasteiger partial charge in [0.2, 0.25) is 5.91 Å². The Labute approximate surface area is 143 Å². The van der Waals surface area contributed by atoms with Crippen LogP contribution < -0.4 is 10.2 Å². The molecule has 5 nitrogen and oxygen atoms in total. The monoisotopic (exact) mass is 349 g/mol. The summed E-state index contributed by atoms with van der Waals surface area (Å²) >= 11 is 12.1. The fraction of sp³-hybridized carbons (Fsp3) is 0.188. The third-order valence-corrected chi connectivity index (χ3v) is 4.22. The number of nitrogens with zero attached hydrogens (tertiary/aromatic N) is 2. The summed E-state index contributed by atoms with van der Waals surface area (Å²) in [5, 5.41) is 3.21. The largest absolute Gasteiger partial charge is 0.320 e. The number of rotatable bonds is 3. The van der Waals surface area contributed by atoms with Gasteiger partial charge >= 0.3 is 0 Å². The highest BCUT2D eigenvalue weighted by atomic mass is 35.5. The Hall–Kier alpha value is -2.11. The zero-order valence-electron chi connectivity index (χ0n) is 12.1. The van der Waals surface area contributed by atoms with Crippen LogP contribution in [0.4, 0.5) is 11.4 Å². The molecular weight excluding hydrogens is 337 g/mol. The second-order valence-corrected chi connectivity index (χ2v) is 5.87. The molecule has 0 aliphatic carbocycles. The van der Waals surface area contributed by atoms with Crippen molar-refractivity contribution < 1.29 is 9.59 Å². The van der Waals surface area contributed by atoms with Crippen LogP contribution in [-0.4, -0.2) is 23.3 Å². The van der Waals surface area contributed by atoms with E-state index in [0.717, 1.165) is 6.42 Å². The Balaban J connectivity index is 1.86. The lowest BCUT2D eigenvalue weighted by atomic mass is 10.2. The van der Waals surface area contributed by atoms with E-state index in [1.54, 1.807) is 35.2 Å². The second-order valence-electron chi connectivity index (χ2n) is 5.11. The van der Waals surface area contributed by atoms with Crippen LogP contribution in [0, 0.1) is 0 Å². The van der Waals surface area contributed by atoms with Crippen LogP contribution in [0.25, 0.3) is 0 Å². The average molecular weight is 350 g/mol. The fourth-order valence-corrected chi connectivity index (χ4v) is 2.81. The minimum Gasteiger partial charge on any atom is -0.320 e. The van der Waals surface area contributed by atoms with Gasteiger partial charge in [0.1, 0.15) is 5.15 Å². The van der Waals surface area contributed by atoms with Gasteiger partial charge in [-0.15, -0.1) is 0 Å². The molecule has 1 aromatic carbocycles. The summed E-state index contributed by atoms with van der Waals surface area (Å²) in [5.74, 6) is -0.338. The molecule has 1 fully saturated rings. The number of nitrogens with one attached hydrogen (secondary N) is 1. The molecule has 0 atom stereocenters. The lowest BCUT2D eigenvalue weighted by molar-refractivity contribution is -0.117. The van der Waals surface area contributed by atoms with Gasteiger partial charge in [-0.1, -0.05) is 23.2 Å². The van der Waals surface area contributed by atoms with Crippen molar-refractivity contribution in [2.45, 2.75) is 12.8 Å². The maximum atomic E-state index is 12.3. The number of carbonyl (C=O) groups is 2. The number of hydrogen-bond acceptors (Lipinski definition) is 3. The zero-order valence-corrected chi connectivity index (χ0v) is 13.6. The molecule has 2 aromatic rings. The Kier molecular flexibility index (Phi) is 4.50. The Bertz CT molecular complexity index is 780. The number of halogens is 2. The van der Waals surface area contributed by atoms with E-state index in [-0.39, 0.29) is 16.6 Å². The summed E-state index contributed by atoms with van der Waals surface area (Å²) in [7, 11) is 0. The third kappa shape index (κ3) is 3.30. The molecule has 1 aliphatic heterocycles. The van der Waals surface area contributed by atoms with Crippen molar-refractivity contribution in [2.24, 2.45) is 0 Å². The molecule has 23 heavy (non-hydrogen) atoms. The van der Waals surface area contributed by atoms with Gasteiger partial charge < -0.3 is 10.2 Å². The number of amides is 2. The minimum atomic E-state index is -0.408. The summed E-state index contributed by atoms with van der Waals surface area (Å²) in [5.41, 5.74) is 1.39. The summed E-state index contributed by atoms with van der Waals surface area (Å²) in [6, 6.07) is 8.31. The molecule has 2 amide bonds. The molecule has 0 bridgehead atoms. The van der Waals surface area contributed by atoms with Crippen molar-refractivity contribution in [3.8, 4) is 0 Å². The summed E-state index contributed by atoms with van der Waals surface area (Å²) < 4.78 is 0. The van der Waals surface area contributed by atoms with E-state index in [0.29, 0.717) is 29.4 Å². The molecule has 0 unspecified atom stereocenters. The van der Waals surface area contributed by atoms with Gasteiger partial charge in [-0.05, 0) is 36.8 Å². The van der Waals surface area contributed by atoms with Crippen LogP contribution in [0.3, 0.4) is 0 Å². The average Bonchev–Trinajstić information content (AvgIpc) is 2.96. The van der Waals surface area contributed by atoms with Crippen molar-refractivity contribution in [1.82, 2.24) is 4.98 Å². The van der Waals surface area contributed by atoms with Crippen molar-refractivity contribution in [3.63, 3.8) is 0 Å². The van der Waals surface area contributed by atoms with E-state index in [1.807, 2.05) is 0 Å². The van der Waals surface area contributed by atoms with Crippen LogP contribution in [0.15, 0.2) is 36.5 Å². The smallest absolute Gasteiger partial charge is 0.258 e. The molecule has 0 spiro atoms. The Morgan fingerprint density at radius 1 is 1.26 bits per heavy atom. The molecule has 0 radical (unpaired) electrons. The van der Waals surface area contributed by atoms with E-state index in [9.17, 15) is 9.59 Å². The lowest BCUT2D eigenvalue weighted by Crippen LogP contribution is -2.24. The normalized spacial score (nSPS) is 14.2.